The third-order valence-corrected chi connectivity index (χ3v) is 2.72. The smallest absolute Gasteiger partial charge is 0.305 e. The Bertz CT molecular complexity index is 457. The summed E-state index contributed by atoms with van der Waals surface area (Å²) in [5, 5.41) is 11.0. The summed E-state index contributed by atoms with van der Waals surface area (Å²) in [6, 6.07) is 5.83. The van der Waals surface area contributed by atoms with Gasteiger partial charge in [-0.2, -0.15) is 0 Å². The van der Waals surface area contributed by atoms with Crippen molar-refractivity contribution >= 4 is 11.9 Å². The van der Waals surface area contributed by atoms with Gasteiger partial charge in [0.25, 0.3) is 0 Å². The summed E-state index contributed by atoms with van der Waals surface area (Å²) in [4.78, 5) is 21.9. The molecule has 0 saturated carbocycles. The van der Waals surface area contributed by atoms with Crippen molar-refractivity contribution in [3.8, 4) is 5.75 Å². The zero-order chi connectivity index (χ0) is 14.3. The minimum atomic E-state index is -0.916. The van der Waals surface area contributed by atoms with Crippen LogP contribution in [0, 0.1) is 6.92 Å². The van der Waals surface area contributed by atoms with Crippen LogP contribution in [-0.2, 0) is 16.0 Å². The lowest BCUT2D eigenvalue weighted by Crippen LogP contribution is -2.26. The number of carboxylic acid groups (broad SMARTS) is 1. The van der Waals surface area contributed by atoms with Crippen molar-refractivity contribution < 1.29 is 19.4 Å². The molecule has 0 fully saturated rings. The molecular weight excluding hydrogens is 246 g/mol. The van der Waals surface area contributed by atoms with Crippen LogP contribution in [0.15, 0.2) is 18.2 Å². The fraction of sp³-hybridized carbons (Fsp3) is 0.429. The van der Waals surface area contributed by atoms with Crippen LogP contribution in [-0.4, -0.2) is 30.6 Å². The van der Waals surface area contributed by atoms with Crippen LogP contribution in [0.3, 0.4) is 0 Å². The Hall–Kier alpha value is -2.04. The molecule has 5 heteroatoms. The molecule has 0 heterocycles. The molecular formula is C14H19NO4. The normalized spacial score (nSPS) is 10.0. The van der Waals surface area contributed by atoms with Gasteiger partial charge in [0, 0.05) is 13.0 Å². The Kier molecular flexibility index (Phi) is 5.85. The molecule has 0 spiro atoms. The number of carbonyl (C=O) groups excluding carboxylic acids is 1. The topological polar surface area (TPSA) is 75.6 Å². The fourth-order valence-electron chi connectivity index (χ4n) is 1.75. The zero-order valence-electron chi connectivity index (χ0n) is 11.2. The highest BCUT2D eigenvalue weighted by atomic mass is 16.5. The maximum absolute atomic E-state index is 11.5. The van der Waals surface area contributed by atoms with Gasteiger partial charge in [-0.15, -0.1) is 0 Å². The standard InChI is InChI=1S/C14H19NO4/c1-10-3-5-12(19-2)11(9-10)4-6-13(16)15-8-7-14(17)18/h3,5,9H,4,6-8H2,1-2H3,(H,15,16)(H,17,18). The van der Waals surface area contributed by atoms with Crippen molar-refractivity contribution in [2.45, 2.75) is 26.2 Å². The van der Waals surface area contributed by atoms with Gasteiger partial charge in [0.1, 0.15) is 5.75 Å². The predicted molar refractivity (Wildman–Crippen MR) is 71.3 cm³/mol. The quantitative estimate of drug-likeness (QED) is 0.784. The van der Waals surface area contributed by atoms with Gasteiger partial charge < -0.3 is 15.2 Å². The molecule has 104 valence electrons. The van der Waals surface area contributed by atoms with Crippen molar-refractivity contribution in [3.05, 3.63) is 29.3 Å². The van der Waals surface area contributed by atoms with E-state index >= 15 is 0 Å². The maximum atomic E-state index is 11.5. The molecule has 0 aromatic heterocycles. The van der Waals surface area contributed by atoms with Crippen molar-refractivity contribution in [3.63, 3.8) is 0 Å². The largest absolute Gasteiger partial charge is 0.496 e. The molecule has 0 radical (unpaired) electrons. The molecule has 0 aliphatic rings. The van der Waals surface area contributed by atoms with E-state index in [1.54, 1.807) is 7.11 Å². The average molecular weight is 265 g/mol. The van der Waals surface area contributed by atoms with E-state index < -0.39 is 5.97 Å². The first-order chi connectivity index (χ1) is 9.02. The molecule has 0 aliphatic heterocycles. The number of rotatable bonds is 7. The molecule has 0 atom stereocenters. The number of hydrogen-bond acceptors (Lipinski definition) is 3. The number of amides is 1. The van der Waals surface area contributed by atoms with Crippen molar-refractivity contribution in [2.24, 2.45) is 0 Å². The van der Waals surface area contributed by atoms with E-state index in [4.69, 9.17) is 9.84 Å². The Labute approximate surface area is 112 Å². The van der Waals surface area contributed by atoms with Crippen LogP contribution in [0.2, 0.25) is 0 Å². The number of methoxy groups -OCH3 is 1. The van der Waals surface area contributed by atoms with E-state index in [0.717, 1.165) is 16.9 Å². The van der Waals surface area contributed by atoms with Gasteiger partial charge in [-0.05, 0) is 25.0 Å². The lowest BCUT2D eigenvalue weighted by Gasteiger charge is -2.09. The number of aliphatic carboxylic acids is 1. The second-order valence-electron chi connectivity index (χ2n) is 4.31. The summed E-state index contributed by atoms with van der Waals surface area (Å²) < 4.78 is 5.24. The van der Waals surface area contributed by atoms with E-state index in [-0.39, 0.29) is 18.9 Å². The van der Waals surface area contributed by atoms with E-state index in [2.05, 4.69) is 5.32 Å². The molecule has 1 aromatic carbocycles. The number of carbonyl (C=O) groups is 2. The van der Waals surface area contributed by atoms with Crippen molar-refractivity contribution in [1.82, 2.24) is 5.32 Å². The Balaban J connectivity index is 2.45. The summed E-state index contributed by atoms with van der Waals surface area (Å²) in [5.74, 6) is -0.297. The van der Waals surface area contributed by atoms with Crippen LogP contribution in [0.5, 0.6) is 5.75 Å². The molecule has 1 aromatic rings. The molecule has 2 N–H and O–H groups in total. The van der Waals surface area contributed by atoms with Gasteiger partial charge in [0.2, 0.25) is 5.91 Å². The third-order valence-electron chi connectivity index (χ3n) is 2.72. The molecule has 5 nitrogen and oxygen atoms in total. The molecule has 1 amide bonds. The maximum Gasteiger partial charge on any atom is 0.305 e. The molecule has 0 unspecified atom stereocenters. The Morgan fingerprint density at radius 1 is 1.32 bits per heavy atom. The third kappa shape index (κ3) is 5.42. The monoisotopic (exact) mass is 265 g/mol. The first-order valence-electron chi connectivity index (χ1n) is 6.15. The van der Waals surface area contributed by atoms with Gasteiger partial charge in [-0.25, -0.2) is 0 Å². The van der Waals surface area contributed by atoms with Crippen LogP contribution >= 0.6 is 0 Å². The fourth-order valence-corrected chi connectivity index (χ4v) is 1.75. The number of aryl methyl sites for hydroxylation is 2. The van der Waals surface area contributed by atoms with Gasteiger partial charge in [-0.1, -0.05) is 17.7 Å². The Morgan fingerprint density at radius 3 is 2.68 bits per heavy atom. The van der Waals surface area contributed by atoms with Crippen molar-refractivity contribution in [2.75, 3.05) is 13.7 Å². The second kappa shape index (κ2) is 7.41. The van der Waals surface area contributed by atoms with Crippen molar-refractivity contribution in [1.29, 1.82) is 0 Å². The van der Waals surface area contributed by atoms with Gasteiger partial charge in [0.15, 0.2) is 0 Å². The second-order valence-corrected chi connectivity index (χ2v) is 4.31. The summed E-state index contributed by atoms with van der Waals surface area (Å²) in [6.07, 6.45) is 0.836. The molecule has 0 aliphatic carbocycles. The summed E-state index contributed by atoms with van der Waals surface area (Å²) in [7, 11) is 1.60. The van der Waals surface area contributed by atoms with Crippen LogP contribution in [0.4, 0.5) is 0 Å². The molecule has 0 saturated heterocycles. The van der Waals surface area contributed by atoms with Crippen LogP contribution in [0.1, 0.15) is 24.0 Å². The number of hydrogen-bond donors (Lipinski definition) is 2. The minimum absolute atomic E-state index is 0.0560. The number of benzene rings is 1. The van der Waals surface area contributed by atoms with E-state index in [1.807, 2.05) is 25.1 Å². The zero-order valence-corrected chi connectivity index (χ0v) is 11.2. The molecule has 0 bridgehead atoms. The minimum Gasteiger partial charge on any atom is -0.496 e. The number of nitrogens with one attached hydrogen (secondary N) is 1. The summed E-state index contributed by atoms with van der Waals surface area (Å²) >= 11 is 0. The SMILES string of the molecule is COc1ccc(C)cc1CCC(=O)NCCC(=O)O. The Morgan fingerprint density at radius 2 is 2.05 bits per heavy atom. The van der Waals surface area contributed by atoms with Gasteiger partial charge >= 0.3 is 5.97 Å². The van der Waals surface area contributed by atoms with Crippen LogP contribution in [0.25, 0.3) is 0 Å². The molecule has 1 rings (SSSR count). The lowest BCUT2D eigenvalue weighted by molar-refractivity contribution is -0.136. The lowest BCUT2D eigenvalue weighted by atomic mass is 10.1. The van der Waals surface area contributed by atoms with E-state index in [0.29, 0.717) is 12.8 Å². The van der Waals surface area contributed by atoms with E-state index in [1.165, 1.54) is 0 Å². The van der Waals surface area contributed by atoms with E-state index in [9.17, 15) is 9.59 Å². The highest BCUT2D eigenvalue weighted by Gasteiger charge is 2.07. The summed E-state index contributed by atoms with van der Waals surface area (Å²) in [6.45, 7) is 2.15. The van der Waals surface area contributed by atoms with Crippen LogP contribution < -0.4 is 10.1 Å². The first-order valence-corrected chi connectivity index (χ1v) is 6.15. The molecule has 19 heavy (non-hydrogen) atoms. The highest BCUT2D eigenvalue weighted by molar-refractivity contribution is 5.77. The highest BCUT2D eigenvalue weighted by Crippen LogP contribution is 2.20. The predicted octanol–water partition coefficient (Wildman–Crippen LogP) is 1.53. The number of ether oxygens (including phenoxy) is 1. The van der Waals surface area contributed by atoms with Gasteiger partial charge in [0.05, 0.1) is 13.5 Å². The number of carboxylic acids is 1. The average Bonchev–Trinajstić information content (AvgIpc) is 2.36. The summed E-state index contributed by atoms with van der Waals surface area (Å²) in [5.41, 5.74) is 2.10. The van der Waals surface area contributed by atoms with Gasteiger partial charge in [-0.3, -0.25) is 9.59 Å². The first kappa shape index (κ1) is 15.0.